The lowest BCUT2D eigenvalue weighted by Crippen LogP contribution is -2.52. The minimum absolute atomic E-state index is 1.42. The second-order valence-corrected chi connectivity index (χ2v) is 10.2. The largest absolute Gasteiger partial charge is 0.139 e. The molecule has 0 fully saturated rings. The van der Waals surface area contributed by atoms with Crippen LogP contribution >= 0.6 is 0 Å². The Kier molecular flexibility index (Phi) is 6.78. The van der Waals surface area contributed by atoms with Crippen molar-refractivity contribution in [2.45, 2.75) is 13.8 Å². The monoisotopic (exact) mass is 402 g/mol. The summed E-state index contributed by atoms with van der Waals surface area (Å²) in [6, 6.07) is 0. The first kappa shape index (κ1) is 25.1. The second kappa shape index (κ2) is 8.66. The summed E-state index contributed by atoms with van der Waals surface area (Å²) in [7, 11) is 27.7. The van der Waals surface area contributed by atoms with Gasteiger partial charge in [0.1, 0.15) is 94.2 Å². The molecule has 3 rings (SSSR count). The molecular formula is C20H30B12. The molecule has 0 atom stereocenters. The standard InChI is InChI=1S/C20H30B12/c1-3-9(21)13(25)5(14(26)10(3)22)7-17(29)19(31)8(20(32)18(7)30)6-15(27)11(23)4(2)12(24)16(6)28/h21-32H2,1-2H3. The summed E-state index contributed by atoms with van der Waals surface area (Å²) in [4.78, 5) is 0. The van der Waals surface area contributed by atoms with Gasteiger partial charge in [-0.05, 0) is 36.1 Å². The van der Waals surface area contributed by atoms with Crippen molar-refractivity contribution < 1.29 is 0 Å². The van der Waals surface area contributed by atoms with E-state index < -0.39 is 0 Å². The number of hydrogen-bond donors (Lipinski definition) is 0. The Labute approximate surface area is 206 Å². The summed E-state index contributed by atoms with van der Waals surface area (Å²) in [6.07, 6.45) is 0. The summed E-state index contributed by atoms with van der Waals surface area (Å²) in [5.41, 5.74) is 25.8. The van der Waals surface area contributed by atoms with E-state index in [2.05, 4.69) is 108 Å². The molecule has 0 saturated carbocycles. The maximum absolute atomic E-state index is 2.34. The van der Waals surface area contributed by atoms with Crippen molar-refractivity contribution >= 4 is 160 Å². The maximum atomic E-state index is 2.34. The van der Waals surface area contributed by atoms with Gasteiger partial charge in [-0.25, -0.2) is 0 Å². The van der Waals surface area contributed by atoms with E-state index in [9.17, 15) is 0 Å². The lowest BCUT2D eigenvalue weighted by molar-refractivity contribution is 1.59. The normalized spacial score (nSPS) is 11.1. The molecule has 3 aromatic carbocycles. The van der Waals surface area contributed by atoms with Crippen LogP contribution in [0.2, 0.25) is 0 Å². The highest BCUT2D eigenvalue weighted by molar-refractivity contribution is 6.68. The zero-order chi connectivity index (χ0) is 24.4. The molecule has 12 heteroatoms. The van der Waals surface area contributed by atoms with E-state index in [-0.39, 0.29) is 0 Å². The average molecular weight is 400 g/mol. The predicted molar refractivity (Wildman–Crippen MR) is 185 cm³/mol. The van der Waals surface area contributed by atoms with Gasteiger partial charge >= 0.3 is 0 Å². The molecule has 0 radical (unpaired) electrons. The summed E-state index contributed by atoms with van der Waals surface area (Å²) >= 11 is 0. The van der Waals surface area contributed by atoms with Crippen LogP contribution in [-0.4, -0.2) is 94.2 Å². The summed E-state index contributed by atoms with van der Waals surface area (Å²) in [5.74, 6) is 0. The van der Waals surface area contributed by atoms with Crippen molar-refractivity contribution in [3.63, 3.8) is 0 Å². The zero-order valence-electron chi connectivity index (χ0n) is 23.0. The first-order valence-corrected chi connectivity index (χ1v) is 12.0. The SMILES string of the molecule is Bc1c(B)c(-c2c(B)c(B)c(-c3c(B)c(B)c(C)c(B)c3B)c(B)c2B)c(B)c(B)c1C. The van der Waals surface area contributed by atoms with Gasteiger partial charge in [-0.1, -0.05) is 76.7 Å². The Balaban J connectivity index is 2.50. The van der Waals surface area contributed by atoms with Crippen molar-refractivity contribution in [3.05, 3.63) is 11.1 Å². The van der Waals surface area contributed by atoms with Crippen LogP contribution in [0.1, 0.15) is 11.1 Å². The van der Waals surface area contributed by atoms with Crippen molar-refractivity contribution in [2.75, 3.05) is 0 Å². The third-order valence-corrected chi connectivity index (χ3v) is 9.12. The highest BCUT2D eigenvalue weighted by Gasteiger charge is 2.23. The van der Waals surface area contributed by atoms with Crippen LogP contribution in [0.5, 0.6) is 0 Å². The smallest absolute Gasteiger partial charge is 0.0923 e. The number of hydrogen-bond acceptors (Lipinski definition) is 0. The van der Waals surface area contributed by atoms with Crippen LogP contribution in [0, 0.1) is 13.8 Å². The topological polar surface area (TPSA) is 0 Å². The Morgan fingerprint density at radius 3 is 0.531 bits per heavy atom. The zero-order valence-corrected chi connectivity index (χ0v) is 23.0. The first-order chi connectivity index (χ1) is 14.7. The minimum atomic E-state index is 1.42. The molecule has 3 aromatic rings. The first-order valence-electron chi connectivity index (χ1n) is 12.0. The average Bonchev–Trinajstić information content (AvgIpc) is 2.76. The minimum Gasteiger partial charge on any atom is -0.0923 e. The molecule has 0 aliphatic rings. The molecule has 0 aliphatic carbocycles. The fourth-order valence-corrected chi connectivity index (χ4v) is 5.81. The maximum Gasteiger partial charge on any atom is 0.139 e. The quantitative estimate of drug-likeness (QED) is 0.375. The van der Waals surface area contributed by atoms with Gasteiger partial charge < -0.3 is 0 Å². The lowest BCUT2D eigenvalue weighted by Gasteiger charge is -2.29. The van der Waals surface area contributed by atoms with Crippen LogP contribution in [0.3, 0.4) is 0 Å². The van der Waals surface area contributed by atoms with E-state index in [0.717, 1.165) is 0 Å². The molecule has 0 nitrogen and oxygen atoms in total. The Morgan fingerprint density at radius 1 is 0.250 bits per heavy atom. The van der Waals surface area contributed by atoms with Gasteiger partial charge in [0.25, 0.3) is 0 Å². The second-order valence-electron chi connectivity index (χ2n) is 10.2. The van der Waals surface area contributed by atoms with Crippen molar-refractivity contribution in [2.24, 2.45) is 0 Å². The van der Waals surface area contributed by atoms with Crippen LogP contribution in [-0.2, 0) is 0 Å². The molecule has 0 bridgehead atoms. The van der Waals surface area contributed by atoms with Crippen LogP contribution < -0.4 is 65.6 Å². The number of benzene rings is 3. The Bertz CT molecular complexity index is 1120. The van der Waals surface area contributed by atoms with E-state index in [1.54, 1.807) is 0 Å². The van der Waals surface area contributed by atoms with Crippen LogP contribution in [0.25, 0.3) is 22.3 Å². The fourth-order valence-electron chi connectivity index (χ4n) is 5.81. The Morgan fingerprint density at radius 2 is 0.375 bits per heavy atom. The van der Waals surface area contributed by atoms with E-state index in [4.69, 9.17) is 0 Å². The molecule has 0 amide bonds. The van der Waals surface area contributed by atoms with Gasteiger partial charge in [0, 0.05) is 0 Å². The molecular weight excluding hydrogens is 370 g/mol. The van der Waals surface area contributed by atoms with Gasteiger partial charge in [0.15, 0.2) is 0 Å². The van der Waals surface area contributed by atoms with Gasteiger partial charge in [0.05, 0.1) is 0 Å². The van der Waals surface area contributed by atoms with Gasteiger partial charge in [0.2, 0.25) is 0 Å². The van der Waals surface area contributed by atoms with E-state index in [0.29, 0.717) is 0 Å². The van der Waals surface area contributed by atoms with Gasteiger partial charge in [-0.3, -0.25) is 0 Å². The Hall–Kier alpha value is -1.56. The third kappa shape index (κ3) is 3.48. The molecule has 0 saturated heterocycles. The number of rotatable bonds is 2. The van der Waals surface area contributed by atoms with Crippen molar-refractivity contribution in [1.29, 1.82) is 0 Å². The summed E-state index contributed by atoms with van der Waals surface area (Å²) in [5, 5.41) is 0. The lowest BCUT2D eigenvalue weighted by atomic mass is 9.55. The molecule has 146 valence electrons. The predicted octanol–water partition coefficient (Wildman–Crippen LogP) is -15.3. The molecule has 0 heterocycles. The van der Waals surface area contributed by atoms with E-state index in [1.165, 1.54) is 98.9 Å². The van der Waals surface area contributed by atoms with Gasteiger partial charge in [-0.2, -0.15) is 0 Å². The highest BCUT2D eigenvalue weighted by Crippen LogP contribution is 2.13. The van der Waals surface area contributed by atoms with E-state index in [1.807, 2.05) is 0 Å². The molecule has 0 N–H and O–H groups in total. The third-order valence-electron chi connectivity index (χ3n) is 9.12. The van der Waals surface area contributed by atoms with Crippen LogP contribution in [0.15, 0.2) is 0 Å². The fraction of sp³-hybridized carbons (Fsp3) is 0.100. The molecule has 0 spiro atoms. The van der Waals surface area contributed by atoms with E-state index >= 15 is 0 Å². The molecule has 32 heavy (non-hydrogen) atoms. The highest BCUT2D eigenvalue weighted by atomic mass is 14.2. The van der Waals surface area contributed by atoms with Gasteiger partial charge in [-0.15, -0.1) is 0 Å². The molecule has 0 unspecified atom stereocenters. The summed E-state index contributed by atoms with van der Waals surface area (Å²) in [6.45, 7) is 4.53. The van der Waals surface area contributed by atoms with Crippen molar-refractivity contribution in [1.82, 2.24) is 0 Å². The van der Waals surface area contributed by atoms with Crippen molar-refractivity contribution in [3.8, 4) is 22.3 Å². The molecule has 0 aromatic heterocycles. The molecule has 0 aliphatic heterocycles. The van der Waals surface area contributed by atoms with Crippen LogP contribution in [0.4, 0.5) is 0 Å². The summed E-state index contributed by atoms with van der Waals surface area (Å²) < 4.78 is 0.